The average molecular weight is 202 g/mol. The molecule has 0 saturated heterocycles. The van der Waals surface area contributed by atoms with Crippen molar-refractivity contribution in [3.8, 4) is 6.07 Å². The molecule has 0 aliphatic heterocycles. The molecular weight excluding hydrogens is 184 g/mol. The van der Waals surface area contributed by atoms with Crippen LogP contribution in [0, 0.1) is 24.2 Å². The van der Waals surface area contributed by atoms with Gasteiger partial charge in [-0.3, -0.25) is 0 Å². The van der Waals surface area contributed by atoms with Crippen molar-refractivity contribution < 1.29 is 0 Å². The Balaban J connectivity index is 2.80. The van der Waals surface area contributed by atoms with Crippen LogP contribution in [0.15, 0.2) is 18.2 Å². The summed E-state index contributed by atoms with van der Waals surface area (Å²) in [4.78, 5) is 0. The highest BCUT2D eigenvalue weighted by atomic mass is 14.9. The van der Waals surface area contributed by atoms with Crippen LogP contribution in [0.4, 0.5) is 5.69 Å². The maximum absolute atomic E-state index is 8.72. The van der Waals surface area contributed by atoms with E-state index in [4.69, 9.17) is 5.26 Å². The highest BCUT2D eigenvalue weighted by Crippen LogP contribution is 2.21. The largest absolute Gasteiger partial charge is 0.383 e. The van der Waals surface area contributed by atoms with Crippen molar-refractivity contribution in [1.29, 1.82) is 5.26 Å². The van der Waals surface area contributed by atoms with Crippen LogP contribution >= 0.6 is 0 Å². The summed E-state index contributed by atoms with van der Waals surface area (Å²) in [5.74, 6) is 0.0503. The van der Waals surface area contributed by atoms with E-state index in [2.05, 4.69) is 43.4 Å². The maximum atomic E-state index is 8.72. The third-order valence-corrected chi connectivity index (χ3v) is 2.55. The van der Waals surface area contributed by atoms with E-state index >= 15 is 0 Å². The second-order valence-corrected chi connectivity index (χ2v) is 3.87. The normalized spacial score (nSPS) is 11.9. The molecule has 80 valence electrons. The van der Waals surface area contributed by atoms with Crippen LogP contribution in [0.1, 0.15) is 25.0 Å². The number of nitriles is 1. The van der Waals surface area contributed by atoms with Gasteiger partial charge in [-0.05, 0) is 31.4 Å². The minimum absolute atomic E-state index is 0.0503. The van der Waals surface area contributed by atoms with Gasteiger partial charge in [-0.1, -0.05) is 25.1 Å². The molecule has 0 spiro atoms. The Hall–Kier alpha value is -1.49. The fraction of sp³-hybridized carbons (Fsp3) is 0.462. The standard InChI is InChI=1S/C13H18N2/c1-4-12-7-5-6-11(3)13(12)15-9-10(2)8-14/h5-7,10,15H,4,9H2,1-3H3. The van der Waals surface area contributed by atoms with Gasteiger partial charge in [-0.2, -0.15) is 5.26 Å². The van der Waals surface area contributed by atoms with E-state index in [0.29, 0.717) is 6.54 Å². The summed E-state index contributed by atoms with van der Waals surface area (Å²) in [6.07, 6.45) is 1.02. The molecule has 1 atom stereocenters. The lowest BCUT2D eigenvalue weighted by Crippen LogP contribution is -2.11. The molecule has 0 amide bonds. The molecule has 0 bridgehead atoms. The maximum Gasteiger partial charge on any atom is 0.0671 e. The third-order valence-electron chi connectivity index (χ3n) is 2.55. The Morgan fingerprint density at radius 1 is 1.47 bits per heavy atom. The number of para-hydroxylation sites is 1. The minimum atomic E-state index is 0.0503. The third kappa shape index (κ3) is 2.99. The van der Waals surface area contributed by atoms with E-state index in [1.54, 1.807) is 0 Å². The van der Waals surface area contributed by atoms with E-state index in [0.717, 1.165) is 6.42 Å². The fourth-order valence-electron chi connectivity index (χ4n) is 1.58. The molecule has 0 heterocycles. The molecule has 1 N–H and O–H groups in total. The van der Waals surface area contributed by atoms with Crippen LogP contribution in [0.3, 0.4) is 0 Å². The van der Waals surface area contributed by atoms with Crippen LogP contribution < -0.4 is 5.32 Å². The molecule has 0 radical (unpaired) electrons. The predicted molar refractivity (Wildman–Crippen MR) is 63.8 cm³/mol. The van der Waals surface area contributed by atoms with E-state index in [-0.39, 0.29) is 5.92 Å². The summed E-state index contributed by atoms with van der Waals surface area (Å²) >= 11 is 0. The van der Waals surface area contributed by atoms with Gasteiger partial charge >= 0.3 is 0 Å². The summed E-state index contributed by atoms with van der Waals surface area (Å²) in [6, 6.07) is 8.53. The number of benzene rings is 1. The Bertz CT molecular complexity index is 363. The van der Waals surface area contributed by atoms with Gasteiger partial charge in [-0.25, -0.2) is 0 Å². The number of hydrogen-bond donors (Lipinski definition) is 1. The smallest absolute Gasteiger partial charge is 0.0671 e. The fourth-order valence-corrected chi connectivity index (χ4v) is 1.58. The van der Waals surface area contributed by atoms with E-state index < -0.39 is 0 Å². The summed E-state index contributed by atoms with van der Waals surface area (Å²) < 4.78 is 0. The van der Waals surface area contributed by atoms with Gasteiger partial charge in [0.05, 0.1) is 12.0 Å². The highest BCUT2D eigenvalue weighted by Gasteiger charge is 2.05. The zero-order chi connectivity index (χ0) is 11.3. The molecule has 0 aromatic heterocycles. The van der Waals surface area contributed by atoms with Crippen LogP contribution in [0.25, 0.3) is 0 Å². The van der Waals surface area contributed by atoms with Crippen molar-refractivity contribution in [2.75, 3.05) is 11.9 Å². The Labute approximate surface area is 91.9 Å². The number of nitrogens with zero attached hydrogens (tertiary/aromatic N) is 1. The van der Waals surface area contributed by atoms with E-state index in [9.17, 15) is 0 Å². The van der Waals surface area contributed by atoms with Crippen molar-refractivity contribution >= 4 is 5.69 Å². The molecule has 15 heavy (non-hydrogen) atoms. The number of rotatable bonds is 4. The molecule has 1 aromatic carbocycles. The number of anilines is 1. The first-order valence-corrected chi connectivity index (χ1v) is 5.41. The lowest BCUT2D eigenvalue weighted by atomic mass is 10.1. The molecule has 2 nitrogen and oxygen atoms in total. The molecule has 2 heteroatoms. The summed E-state index contributed by atoms with van der Waals surface area (Å²) in [6.45, 7) is 6.89. The summed E-state index contributed by atoms with van der Waals surface area (Å²) in [7, 11) is 0. The lowest BCUT2D eigenvalue weighted by Gasteiger charge is -2.14. The second kappa shape index (κ2) is 5.41. The average Bonchev–Trinajstić information content (AvgIpc) is 2.26. The first kappa shape index (κ1) is 11.6. The monoisotopic (exact) mass is 202 g/mol. The first-order chi connectivity index (χ1) is 7.19. The molecule has 1 rings (SSSR count). The zero-order valence-electron chi connectivity index (χ0n) is 9.67. The SMILES string of the molecule is CCc1cccc(C)c1NCC(C)C#N. The molecule has 0 aliphatic carbocycles. The molecule has 0 fully saturated rings. The number of nitrogens with one attached hydrogen (secondary N) is 1. The number of hydrogen-bond acceptors (Lipinski definition) is 2. The Kier molecular flexibility index (Phi) is 4.17. The van der Waals surface area contributed by atoms with E-state index in [1.807, 2.05) is 6.92 Å². The van der Waals surface area contributed by atoms with Gasteiger partial charge in [0.25, 0.3) is 0 Å². The molecule has 1 unspecified atom stereocenters. The topological polar surface area (TPSA) is 35.8 Å². The second-order valence-electron chi connectivity index (χ2n) is 3.87. The molecule has 0 saturated carbocycles. The van der Waals surface area contributed by atoms with Gasteiger partial charge in [0, 0.05) is 12.2 Å². The lowest BCUT2D eigenvalue weighted by molar-refractivity contribution is 0.784. The van der Waals surface area contributed by atoms with Crippen molar-refractivity contribution in [2.24, 2.45) is 5.92 Å². The zero-order valence-corrected chi connectivity index (χ0v) is 9.67. The Morgan fingerprint density at radius 3 is 2.80 bits per heavy atom. The first-order valence-electron chi connectivity index (χ1n) is 5.41. The van der Waals surface area contributed by atoms with Gasteiger partial charge in [0.1, 0.15) is 0 Å². The summed E-state index contributed by atoms with van der Waals surface area (Å²) in [5, 5.41) is 12.1. The molecule has 1 aromatic rings. The van der Waals surface area contributed by atoms with Gasteiger partial charge in [0.2, 0.25) is 0 Å². The minimum Gasteiger partial charge on any atom is -0.383 e. The quantitative estimate of drug-likeness (QED) is 0.814. The van der Waals surface area contributed by atoms with Gasteiger partial charge in [-0.15, -0.1) is 0 Å². The highest BCUT2D eigenvalue weighted by molar-refractivity contribution is 5.57. The van der Waals surface area contributed by atoms with Crippen molar-refractivity contribution in [3.63, 3.8) is 0 Å². The Morgan fingerprint density at radius 2 is 2.20 bits per heavy atom. The predicted octanol–water partition coefficient (Wildman–Crippen LogP) is 3.13. The molecule has 0 aliphatic rings. The van der Waals surface area contributed by atoms with Crippen molar-refractivity contribution in [3.05, 3.63) is 29.3 Å². The summed E-state index contributed by atoms with van der Waals surface area (Å²) in [5.41, 5.74) is 3.77. The molecular formula is C13H18N2. The van der Waals surface area contributed by atoms with Gasteiger partial charge < -0.3 is 5.32 Å². The van der Waals surface area contributed by atoms with Crippen LogP contribution in [-0.4, -0.2) is 6.54 Å². The van der Waals surface area contributed by atoms with Crippen LogP contribution in [-0.2, 0) is 6.42 Å². The van der Waals surface area contributed by atoms with Crippen LogP contribution in [0.5, 0.6) is 0 Å². The van der Waals surface area contributed by atoms with Crippen molar-refractivity contribution in [2.45, 2.75) is 27.2 Å². The van der Waals surface area contributed by atoms with Gasteiger partial charge in [0.15, 0.2) is 0 Å². The van der Waals surface area contributed by atoms with Crippen LogP contribution in [0.2, 0.25) is 0 Å². The van der Waals surface area contributed by atoms with E-state index in [1.165, 1.54) is 16.8 Å². The van der Waals surface area contributed by atoms with Crippen molar-refractivity contribution in [1.82, 2.24) is 0 Å². The number of aryl methyl sites for hydroxylation is 2.